The highest BCUT2D eigenvalue weighted by Gasteiger charge is 2.19. The van der Waals surface area contributed by atoms with Gasteiger partial charge < -0.3 is 14.2 Å². The fourth-order valence-electron chi connectivity index (χ4n) is 10.1. The summed E-state index contributed by atoms with van der Waals surface area (Å²) in [4.78, 5) is 38.4. The van der Waals surface area contributed by atoms with E-state index in [0.29, 0.717) is 19.3 Å². The van der Waals surface area contributed by atoms with Crippen LogP contribution in [0.3, 0.4) is 0 Å². The number of carbonyl (C=O) groups excluding carboxylic acids is 3. The molecule has 1 unspecified atom stereocenters. The number of unbranched alkanes of at least 4 members (excludes halogenated alkanes) is 39. The van der Waals surface area contributed by atoms with Gasteiger partial charge in [0, 0.05) is 19.3 Å². The van der Waals surface area contributed by atoms with Crippen molar-refractivity contribution in [3.8, 4) is 0 Å². The molecule has 0 aromatic carbocycles. The van der Waals surface area contributed by atoms with Crippen molar-refractivity contribution in [3.05, 3.63) is 85.1 Å². The minimum Gasteiger partial charge on any atom is -0.462 e. The van der Waals surface area contributed by atoms with Gasteiger partial charge in [0.15, 0.2) is 6.10 Å². The zero-order valence-electron chi connectivity index (χ0n) is 53.8. The van der Waals surface area contributed by atoms with Gasteiger partial charge in [-0.05, 0) is 116 Å². The van der Waals surface area contributed by atoms with Gasteiger partial charge in [0.25, 0.3) is 0 Å². The van der Waals surface area contributed by atoms with Gasteiger partial charge >= 0.3 is 17.9 Å². The third-order valence-corrected chi connectivity index (χ3v) is 15.4. The van der Waals surface area contributed by atoms with Crippen molar-refractivity contribution in [2.75, 3.05) is 13.2 Å². The van der Waals surface area contributed by atoms with E-state index in [0.717, 1.165) is 109 Å². The van der Waals surface area contributed by atoms with Crippen molar-refractivity contribution in [1.29, 1.82) is 0 Å². The molecule has 0 rings (SSSR count). The van der Waals surface area contributed by atoms with Crippen LogP contribution in [0.25, 0.3) is 0 Å². The van der Waals surface area contributed by atoms with Crippen LogP contribution < -0.4 is 0 Å². The molecule has 0 saturated carbocycles. The quantitative estimate of drug-likeness (QED) is 0.0261. The first-order chi connectivity index (χ1) is 40.0. The van der Waals surface area contributed by atoms with Gasteiger partial charge in [-0.2, -0.15) is 0 Å². The first-order valence-electron chi connectivity index (χ1n) is 35.1. The van der Waals surface area contributed by atoms with Crippen molar-refractivity contribution < 1.29 is 28.6 Å². The van der Waals surface area contributed by atoms with Crippen LogP contribution in [0, 0.1) is 0 Å². The number of rotatable bonds is 64. The van der Waals surface area contributed by atoms with Crippen molar-refractivity contribution in [2.45, 2.75) is 361 Å². The van der Waals surface area contributed by atoms with Crippen molar-refractivity contribution in [3.63, 3.8) is 0 Å². The largest absolute Gasteiger partial charge is 0.462 e. The van der Waals surface area contributed by atoms with Crippen LogP contribution in [0.5, 0.6) is 0 Å². The van der Waals surface area contributed by atoms with Gasteiger partial charge in [0.05, 0.1) is 0 Å². The molecule has 81 heavy (non-hydrogen) atoms. The zero-order valence-corrected chi connectivity index (χ0v) is 53.8. The molecule has 468 valence electrons. The molecule has 0 saturated heterocycles. The molecule has 6 nitrogen and oxygen atoms in total. The average molecular weight is 1130 g/mol. The second-order valence-electron chi connectivity index (χ2n) is 23.4. The molecule has 0 aliphatic carbocycles. The lowest BCUT2D eigenvalue weighted by Crippen LogP contribution is -2.30. The average Bonchev–Trinajstić information content (AvgIpc) is 3.47. The van der Waals surface area contributed by atoms with E-state index >= 15 is 0 Å². The highest BCUT2D eigenvalue weighted by molar-refractivity contribution is 5.71. The number of ether oxygens (including phenoxy) is 3. The predicted molar refractivity (Wildman–Crippen MR) is 353 cm³/mol. The molecule has 0 aromatic heterocycles. The molecule has 6 heteroatoms. The second-order valence-corrected chi connectivity index (χ2v) is 23.4. The Kier molecular flexibility index (Phi) is 66.2. The molecular weight excluding hydrogens is 997 g/mol. The third kappa shape index (κ3) is 67.3. The maximum atomic E-state index is 12.9. The van der Waals surface area contributed by atoms with E-state index in [1.807, 2.05) is 0 Å². The number of hydrogen-bond donors (Lipinski definition) is 0. The third-order valence-electron chi connectivity index (χ3n) is 15.4. The topological polar surface area (TPSA) is 78.9 Å². The Morgan fingerprint density at radius 1 is 0.259 bits per heavy atom. The SMILES string of the molecule is CC/C=C\C/C=C\C/C=C\C/C=C\CCCCCCCCC(=O)OC(COC(=O)CCCCCCC/C=C\CCCCCCCC)COC(=O)CCCCCCCCCCCCCCCCCCC/C=C\C/C=C\CCCCCCC. The summed E-state index contributed by atoms with van der Waals surface area (Å²) < 4.78 is 17.0. The van der Waals surface area contributed by atoms with E-state index in [1.165, 1.54) is 205 Å². The van der Waals surface area contributed by atoms with Gasteiger partial charge in [0.2, 0.25) is 0 Å². The van der Waals surface area contributed by atoms with E-state index in [-0.39, 0.29) is 31.1 Å². The van der Waals surface area contributed by atoms with Crippen molar-refractivity contribution in [2.24, 2.45) is 0 Å². The summed E-state index contributed by atoms with van der Waals surface area (Å²) in [5.41, 5.74) is 0. The molecule has 0 heterocycles. The van der Waals surface area contributed by atoms with Crippen LogP contribution in [0.15, 0.2) is 85.1 Å². The molecule has 0 aliphatic rings. The smallest absolute Gasteiger partial charge is 0.306 e. The van der Waals surface area contributed by atoms with E-state index in [9.17, 15) is 14.4 Å². The maximum Gasteiger partial charge on any atom is 0.306 e. The zero-order chi connectivity index (χ0) is 58.5. The molecule has 0 aromatic rings. The van der Waals surface area contributed by atoms with E-state index in [2.05, 4.69) is 106 Å². The van der Waals surface area contributed by atoms with Gasteiger partial charge in [-0.3, -0.25) is 14.4 Å². The summed E-state index contributed by atoms with van der Waals surface area (Å²) in [7, 11) is 0. The molecular formula is C75H132O6. The summed E-state index contributed by atoms with van der Waals surface area (Å²) >= 11 is 0. The minimum absolute atomic E-state index is 0.0825. The molecule has 0 spiro atoms. The number of allylic oxidation sites excluding steroid dienone is 14. The van der Waals surface area contributed by atoms with E-state index in [4.69, 9.17) is 14.2 Å². The second kappa shape index (κ2) is 69.1. The van der Waals surface area contributed by atoms with Crippen LogP contribution in [0.2, 0.25) is 0 Å². The summed E-state index contributed by atoms with van der Waals surface area (Å²) in [6.45, 7) is 6.54. The van der Waals surface area contributed by atoms with Crippen LogP contribution >= 0.6 is 0 Å². The standard InChI is InChI=1S/C75H132O6/c1-4-7-10-13-16-19-22-25-28-30-32-33-34-35-36-37-38-39-40-41-43-44-47-50-53-56-59-62-65-68-74(77)80-71-72(70-79-73(76)67-64-61-58-55-52-49-46-27-24-21-18-15-12-9-6-3)81-75(78)69-66-63-60-57-54-51-48-45-42-31-29-26-23-20-17-14-11-8-5-2/h8,11,17,20,22,25-27,29-30,32,42,45-46,72H,4-7,9-10,12-16,18-19,21,23-24,28,31,33-41,43-44,47-71H2,1-3H3/b11-8-,20-17-,25-22-,29-26-,32-30-,45-42-,46-27-. The van der Waals surface area contributed by atoms with Crippen LogP contribution in [-0.4, -0.2) is 37.2 Å². The first kappa shape index (κ1) is 77.6. The molecule has 0 fully saturated rings. The van der Waals surface area contributed by atoms with Gasteiger partial charge in [-0.15, -0.1) is 0 Å². The number of hydrogen-bond acceptors (Lipinski definition) is 6. The lowest BCUT2D eigenvalue weighted by Gasteiger charge is -2.18. The van der Waals surface area contributed by atoms with E-state index < -0.39 is 6.10 Å². The van der Waals surface area contributed by atoms with E-state index in [1.54, 1.807) is 0 Å². The highest BCUT2D eigenvalue weighted by atomic mass is 16.6. The first-order valence-corrected chi connectivity index (χ1v) is 35.1. The predicted octanol–water partition coefficient (Wildman–Crippen LogP) is 24.2. The lowest BCUT2D eigenvalue weighted by molar-refractivity contribution is -0.167. The molecule has 1 atom stereocenters. The summed E-state index contributed by atoms with van der Waals surface area (Å²) in [6, 6.07) is 0. The minimum atomic E-state index is -0.789. The highest BCUT2D eigenvalue weighted by Crippen LogP contribution is 2.17. The van der Waals surface area contributed by atoms with Gasteiger partial charge in [-0.1, -0.05) is 305 Å². The number of carbonyl (C=O) groups is 3. The molecule has 0 radical (unpaired) electrons. The Balaban J connectivity index is 4.27. The molecule has 0 amide bonds. The fourth-order valence-corrected chi connectivity index (χ4v) is 10.1. The number of esters is 3. The molecule has 0 N–H and O–H groups in total. The van der Waals surface area contributed by atoms with Gasteiger partial charge in [0.1, 0.15) is 13.2 Å². The van der Waals surface area contributed by atoms with Crippen molar-refractivity contribution >= 4 is 17.9 Å². The monoisotopic (exact) mass is 1130 g/mol. The van der Waals surface area contributed by atoms with Crippen LogP contribution in [0.1, 0.15) is 355 Å². The molecule has 0 bridgehead atoms. The molecule has 0 aliphatic heterocycles. The summed E-state index contributed by atoms with van der Waals surface area (Å²) in [6.07, 6.45) is 91.8. The Hall–Kier alpha value is -3.41. The van der Waals surface area contributed by atoms with Crippen molar-refractivity contribution in [1.82, 2.24) is 0 Å². The normalized spacial score (nSPS) is 12.6. The van der Waals surface area contributed by atoms with Crippen LogP contribution in [-0.2, 0) is 28.6 Å². The van der Waals surface area contributed by atoms with Crippen LogP contribution in [0.4, 0.5) is 0 Å². The summed E-state index contributed by atoms with van der Waals surface area (Å²) in [5.74, 6) is -0.888. The Morgan fingerprint density at radius 2 is 0.481 bits per heavy atom. The Labute approximate surface area is 503 Å². The Bertz CT molecular complexity index is 1530. The summed E-state index contributed by atoms with van der Waals surface area (Å²) in [5, 5.41) is 0. The maximum absolute atomic E-state index is 12.9. The fraction of sp³-hybridized carbons (Fsp3) is 0.773. The van der Waals surface area contributed by atoms with Gasteiger partial charge in [-0.25, -0.2) is 0 Å². The lowest BCUT2D eigenvalue weighted by atomic mass is 10.0. The Morgan fingerprint density at radius 3 is 0.765 bits per heavy atom.